The van der Waals surface area contributed by atoms with Crippen molar-refractivity contribution in [1.82, 2.24) is 0 Å². The number of amides is 1. The fourth-order valence-electron chi connectivity index (χ4n) is 2.29. The Morgan fingerprint density at radius 2 is 1.68 bits per heavy atom. The van der Waals surface area contributed by atoms with Gasteiger partial charge in [0.15, 0.2) is 0 Å². The number of para-hydroxylation sites is 1. The molecule has 1 amide bonds. The number of hydrogen-bond acceptors (Lipinski definition) is 4. The van der Waals surface area contributed by atoms with Crippen LogP contribution in [0.1, 0.15) is 41.5 Å². The number of methoxy groups -OCH3 is 1. The predicted molar refractivity (Wildman–Crippen MR) is 94.7 cm³/mol. The summed E-state index contributed by atoms with van der Waals surface area (Å²) in [4.78, 5) is 23.8. The van der Waals surface area contributed by atoms with Gasteiger partial charge in [-0.05, 0) is 45.0 Å². The average molecular weight is 343 g/mol. The molecule has 2 N–H and O–H groups in total. The van der Waals surface area contributed by atoms with E-state index in [-0.39, 0.29) is 22.5 Å². The summed E-state index contributed by atoms with van der Waals surface area (Å²) in [6.07, 6.45) is 0. The number of carboxylic acid groups (broad SMARTS) is 1. The van der Waals surface area contributed by atoms with Gasteiger partial charge in [-0.25, -0.2) is 4.79 Å². The summed E-state index contributed by atoms with van der Waals surface area (Å²) >= 11 is 0. The van der Waals surface area contributed by atoms with Gasteiger partial charge in [-0.3, -0.25) is 4.79 Å². The van der Waals surface area contributed by atoms with Crippen LogP contribution in [-0.4, -0.2) is 29.7 Å². The van der Waals surface area contributed by atoms with Gasteiger partial charge in [0.05, 0.1) is 12.7 Å². The highest BCUT2D eigenvalue weighted by Gasteiger charge is 2.20. The molecule has 2 rings (SSSR count). The molecule has 132 valence electrons. The molecule has 0 saturated heterocycles. The number of carbonyl (C=O) groups excluding carboxylic acids is 1. The Balaban J connectivity index is 2.27. The molecule has 0 fully saturated rings. The van der Waals surface area contributed by atoms with Crippen LogP contribution in [-0.2, 0) is 0 Å². The van der Waals surface area contributed by atoms with E-state index in [9.17, 15) is 14.7 Å². The monoisotopic (exact) mass is 343 g/mol. The normalized spacial score (nSPS) is 10.9. The zero-order chi connectivity index (χ0) is 18.6. The molecule has 0 bridgehead atoms. The van der Waals surface area contributed by atoms with Gasteiger partial charge < -0.3 is 19.9 Å². The molecule has 0 aromatic heterocycles. The second-order valence-electron chi connectivity index (χ2n) is 6.39. The SMILES string of the molecule is COc1c(C(=O)O)cccc1C(=O)Nc1cccc(OC(C)(C)C)c1. The molecule has 0 aliphatic heterocycles. The molecule has 0 heterocycles. The minimum atomic E-state index is -1.16. The van der Waals surface area contributed by atoms with E-state index in [0.29, 0.717) is 11.4 Å². The van der Waals surface area contributed by atoms with E-state index >= 15 is 0 Å². The maximum atomic E-state index is 12.5. The maximum absolute atomic E-state index is 12.5. The number of benzene rings is 2. The summed E-state index contributed by atoms with van der Waals surface area (Å²) in [5, 5.41) is 11.9. The van der Waals surface area contributed by atoms with E-state index in [1.165, 1.54) is 25.3 Å². The lowest BCUT2D eigenvalue weighted by Crippen LogP contribution is -2.23. The van der Waals surface area contributed by atoms with Gasteiger partial charge in [-0.15, -0.1) is 0 Å². The van der Waals surface area contributed by atoms with Crippen LogP contribution in [0.3, 0.4) is 0 Å². The van der Waals surface area contributed by atoms with Gasteiger partial charge in [0.2, 0.25) is 0 Å². The maximum Gasteiger partial charge on any atom is 0.339 e. The Labute approximate surface area is 146 Å². The third-order valence-electron chi connectivity index (χ3n) is 3.21. The minimum Gasteiger partial charge on any atom is -0.495 e. The van der Waals surface area contributed by atoms with Crippen molar-refractivity contribution in [2.24, 2.45) is 0 Å². The third-order valence-corrected chi connectivity index (χ3v) is 3.21. The third kappa shape index (κ3) is 4.73. The van der Waals surface area contributed by atoms with Crippen molar-refractivity contribution >= 4 is 17.6 Å². The zero-order valence-electron chi connectivity index (χ0n) is 14.6. The van der Waals surface area contributed by atoms with Gasteiger partial charge in [0.1, 0.15) is 22.7 Å². The molecule has 25 heavy (non-hydrogen) atoms. The minimum absolute atomic E-state index is 0.0228. The highest BCUT2D eigenvalue weighted by Crippen LogP contribution is 2.26. The lowest BCUT2D eigenvalue weighted by atomic mass is 10.1. The number of aromatic carboxylic acids is 1. The Kier molecular flexibility index (Phi) is 5.32. The quantitative estimate of drug-likeness (QED) is 0.862. The molecule has 0 saturated carbocycles. The molecule has 0 radical (unpaired) electrons. The second kappa shape index (κ2) is 7.25. The van der Waals surface area contributed by atoms with E-state index in [2.05, 4.69) is 5.32 Å². The van der Waals surface area contributed by atoms with Crippen molar-refractivity contribution in [3.05, 3.63) is 53.6 Å². The van der Waals surface area contributed by atoms with Gasteiger partial charge in [0.25, 0.3) is 5.91 Å². The Morgan fingerprint density at radius 3 is 2.28 bits per heavy atom. The van der Waals surface area contributed by atoms with Crippen LogP contribution in [0, 0.1) is 0 Å². The molecule has 0 aliphatic carbocycles. The van der Waals surface area contributed by atoms with Crippen molar-refractivity contribution < 1.29 is 24.2 Å². The zero-order valence-corrected chi connectivity index (χ0v) is 14.6. The molecule has 0 atom stereocenters. The van der Waals surface area contributed by atoms with Gasteiger partial charge in [-0.1, -0.05) is 12.1 Å². The van der Waals surface area contributed by atoms with Gasteiger partial charge in [0, 0.05) is 11.8 Å². The van der Waals surface area contributed by atoms with Crippen LogP contribution in [0.25, 0.3) is 0 Å². The van der Waals surface area contributed by atoms with E-state index in [1.807, 2.05) is 20.8 Å². The van der Waals surface area contributed by atoms with Crippen molar-refractivity contribution in [1.29, 1.82) is 0 Å². The van der Waals surface area contributed by atoms with Crippen LogP contribution < -0.4 is 14.8 Å². The first-order valence-electron chi connectivity index (χ1n) is 7.72. The summed E-state index contributed by atoms with van der Waals surface area (Å²) in [5.74, 6) is -0.980. The van der Waals surface area contributed by atoms with Crippen molar-refractivity contribution in [3.8, 4) is 11.5 Å². The topological polar surface area (TPSA) is 84.9 Å². The molecule has 0 spiro atoms. The molecule has 2 aromatic carbocycles. The fourth-order valence-corrected chi connectivity index (χ4v) is 2.29. The Bertz CT molecular complexity index is 793. The summed E-state index contributed by atoms with van der Waals surface area (Å²) in [6.45, 7) is 5.79. The van der Waals surface area contributed by atoms with Crippen molar-refractivity contribution in [2.45, 2.75) is 26.4 Å². The molecule has 6 nitrogen and oxygen atoms in total. The molecule has 2 aromatic rings. The number of hydrogen-bond donors (Lipinski definition) is 2. The lowest BCUT2D eigenvalue weighted by molar-refractivity contribution is 0.0693. The van der Waals surface area contributed by atoms with E-state index in [0.717, 1.165) is 0 Å². The number of nitrogens with one attached hydrogen (secondary N) is 1. The van der Waals surface area contributed by atoms with Gasteiger partial charge in [-0.2, -0.15) is 0 Å². The smallest absolute Gasteiger partial charge is 0.339 e. The Morgan fingerprint density at radius 1 is 1.04 bits per heavy atom. The summed E-state index contributed by atoms with van der Waals surface area (Å²) in [5.41, 5.74) is 0.251. The molecule has 0 unspecified atom stereocenters. The standard InChI is InChI=1S/C19H21NO5/c1-19(2,3)25-13-8-5-7-12(11-13)20-17(21)14-9-6-10-15(18(22)23)16(14)24-4/h5-11H,1-4H3,(H,20,21)(H,22,23). The first kappa shape index (κ1) is 18.3. The first-order chi connectivity index (χ1) is 11.7. The first-order valence-corrected chi connectivity index (χ1v) is 7.72. The van der Waals surface area contributed by atoms with Gasteiger partial charge >= 0.3 is 5.97 Å². The molecule has 0 aliphatic rings. The summed E-state index contributed by atoms with van der Waals surface area (Å²) in [6, 6.07) is 11.4. The fraction of sp³-hybridized carbons (Fsp3) is 0.263. The average Bonchev–Trinajstić information content (AvgIpc) is 2.52. The number of carboxylic acids is 1. The molecule has 6 heteroatoms. The predicted octanol–water partition coefficient (Wildman–Crippen LogP) is 3.82. The number of carbonyl (C=O) groups is 2. The lowest BCUT2D eigenvalue weighted by Gasteiger charge is -2.21. The highest BCUT2D eigenvalue weighted by molar-refractivity contribution is 6.08. The summed E-state index contributed by atoms with van der Waals surface area (Å²) in [7, 11) is 1.33. The van der Waals surface area contributed by atoms with Crippen LogP contribution >= 0.6 is 0 Å². The number of anilines is 1. The van der Waals surface area contributed by atoms with Crippen molar-refractivity contribution in [2.75, 3.05) is 12.4 Å². The largest absolute Gasteiger partial charge is 0.495 e. The molecular weight excluding hydrogens is 322 g/mol. The summed E-state index contributed by atoms with van der Waals surface area (Å²) < 4.78 is 10.9. The van der Waals surface area contributed by atoms with E-state index < -0.39 is 11.9 Å². The Hall–Kier alpha value is -3.02. The van der Waals surface area contributed by atoms with Crippen molar-refractivity contribution in [3.63, 3.8) is 0 Å². The van der Waals surface area contributed by atoms with Crippen LogP contribution in [0.15, 0.2) is 42.5 Å². The van der Waals surface area contributed by atoms with E-state index in [1.54, 1.807) is 24.3 Å². The second-order valence-corrected chi connectivity index (χ2v) is 6.39. The molecular formula is C19H21NO5. The number of ether oxygens (including phenoxy) is 2. The van der Waals surface area contributed by atoms with Crippen LogP contribution in [0.4, 0.5) is 5.69 Å². The van der Waals surface area contributed by atoms with Crippen LogP contribution in [0.2, 0.25) is 0 Å². The number of rotatable bonds is 5. The van der Waals surface area contributed by atoms with Crippen LogP contribution in [0.5, 0.6) is 11.5 Å². The highest BCUT2D eigenvalue weighted by atomic mass is 16.5. The van der Waals surface area contributed by atoms with E-state index in [4.69, 9.17) is 9.47 Å².